The van der Waals surface area contributed by atoms with E-state index in [4.69, 9.17) is 0 Å². The number of aromatic amines is 1. The molecule has 5 nitrogen and oxygen atoms in total. The number of halogens is 2. The third kappa shape index (κ3) is 5.84. The van der Waals surface area contributed by atoms with Crippen LogP contribution in [0, 0.1) is 11.7 Å². The lowest BCUT2D eigenvalue weighted by Crippen LogP contribution is -2.38. The van der Waals surface area contributed by atoms with Crippen molar-refractivity contribution < 1.29 is 4.39 Å². The van der Waals surface area contributed by atoms with Crippen molar-refractivity contribution >= 4 is 15.9 Å². The number of nitrogens with one attached hydrogen (secondary N) is 1. The maximum atomic E-state index is 13.5. The Morgan fingerprint density at radius 1 is 1.03 bits per heavy atom. The molecule has 0 atom stereocenters. The van der Waals surface area contributed by atoms with Crippen LogP contribution in [0.2, 0.25) is 0 Å². The molecule has 168 valence electrons. The molecule has 1 N–H and O–H groups in total. The number of hydrogen-bond acceptors (Lipinski definition) is 3. The average Bonchev–Trinajstić information content (AvgIpc) is 2.79. The fourth-order valence-corrected chi connectivity index (χ4v) is 4.73. The third-order valence-electron chi connectivity index (χ3n) is 6.18. The van der Waals surface area contributed by atoms with Crippen LogP contribution in [0.15, 0.2) is 68.7 Å². The van der Waals surface area contributed by atoms with E-state index in [2.05, 4.69) is 25.8 Å². The van der Waals surface area contributed by atoms with Gasteiger partial charge in [-0.1, -0.05) is 46.3 Å². The summed E-state index contributed by atoms with van der Waals surface area (Å²) in [7, 11) is 0. The fraction of sp³-hybridized carbons (Fsp3) is 0.360. The quantitative estimate of drug-likeness (QED) is 0.534. The molecular weight excluding hydrogens is 473 g/mol. The number of likely N-dealkylation sites (tertiary alicyclic amines) is 1. The van der Waals surface area contributed by atoms with Crippen molar-refractivity contribution in [2.24, 2.45) is 5.92 Å². The maximum Gasteiger partial charge on any atom is 0.328 e. The van der Waals surface area contributed by atoms with Crippen LogP contribution in [0.4, 0.5) is 4.39 Å². The zero-order valence-corrected chi connectivity index (χ0v) is 19.5. The van der Waals surface area contributed by atoms with E-state index in [0.29, 0.717) is 18.0 Å². The zero-order valence-electron chi connectivity index (χ0n) is 17.9. The van der Waals surface area contributed by atoms with Crippen molar-refractivity contribution in [2.45, 2.75) is 32.2 Å². The van der Waals surface area contributed by atoms with Crippen LogP contribution in [-0.2, 0) is 19.4 Å². The molecule has 1 aliphatic rings. The Morgan fingerprint density at radius 2 is 1.78 bits per heavy atom. The van der Waals surface area contributed by atoms with Gasteiger partial charge in [-0.2, -0.15) is 0 Å². The highest BCUT2D eigenvalue weighted by Gasteiger charge is 2.20. The minimum absolute atomic E-state index is 0.194. The summed E-state index contributed by atoms with van der Waals surface area (Å²) in [6.45, 7) is 3.00. The van der Waals surface area contributed by atoms with E-state index in [0.717, 1.165) is 54.5 Å². The van der Waals surface area contributed by atoms with Gasteiger partial charge in [0, 0.05) is 29.2 Å². The van der Waals surface area contributed by atoms with Crippen LogP contribution >= 0.6 is 15.9 Å². The number of piperidine rings is 1. The lowest BCUT2D eigenvalue weighted by molar-refractivity contribution is 0.185. The molecule has 0 aliphatic carbocycles. The van der Waals surface area contributed by atoms with Crippen molar-refractivity contribution in [1.29, 1.82) is 0 Å². The first kappa shape index (κ1) is 22.7. The van der Waals surface area contributed by atoms with Gasteiger partial charge in [-0.3, -0.25) is 9.36 Å². The number of hydrogen-bond donors (Lipinski definition) is 1. The average molecular weight is 500 g/mol. The maximum absolute atomic E-state index is 13.5. The van der Waals surface area contributed by atoms with E-state index >= 15 is 0 Å². The molecule has 1 aromatic heterocycles. The molecule has 0 saturated carbocycles. The number of H-pyrrole nitrogens is 1. The summed E-state index contributed by atoms with van der Waals surface area (Å²) < 4.78 is 15.7. The summed E-state index contributed by atoms with van der Waals surface area (Å²) in [5, 5.41) is 0. The molecule has 0 radical (unpaired) electrons. The predicted octanol–water partition coefficient (Wildman–Crippen LogP) is 3.98. The molecule has 1 fully saturated rings. The Kier molecular flexibility index (Phi) is 7.37. The third-order valence-corrected chi connectivity index (χ3v) is 6.95. The van der Waals surface area contributed by atoms with Gasteiger partial charge in [-0.05, 0) is 67.6 Å². The van der Waals surface area contributed by atoms with E-state index in [1.807, 2.05) is 30.3 Å². The summed E-state index contributed by atoms with van der Waals surface area (Å²) in [5.41, 5.74) is 1.98. The Labute approximate surface area is 195 Å². The van der Waals surface area contributed by atoms with Crippen LogP contribution in [0.25, 0.3) is 0 Å². The molecule has 4 rings (SSSR count). The van der Waals surface area contributed by atoms with Crippen LogP contribution in [0.5, 0.6) is 0 Å². The summed E-state index contributed by atoms with van der Waals surface area (Å²) in [5.74, 6) is 0.339. The van der Waals surface area contributed by atoms with Gasteiger partial charge in [0.15, 0.2) is 0 Å². The normalized spacial score (nSPS) is 15.2. The molecule has 0 spiro atoms. The topological polar surface area (TPSA) is 58.1 Å². The van der Waals surface area contributed by atoms with Crippen LogP contribution < -0.4 is 11.2 Å². The molecule has 0 amide bonds. The molecule has 32 heavy (non-hydrogen) atoms. The molecule has 2 heterocycles. The molecular formula is C25H27BrFN3O2. The van der Waals surface area contributed by atoms with Crippen molar-refractivity contribution in [3.05, 3.63) is 103 Å². The summed E-state index contributed by atoms with van der Waals surface area (Å²) in [4.78, 5) is 30.2. The Morgan fingerprint density at radius 3 is 2.50 bits per heavy atom. The lowest BCUT2D eigenvalue weighted by atomic mass is 9.90. The second-order valence-electron chi connectivity index (χ2n) is 8.48. The van der Waals surface area contributed by atoms with Crippen LogP contribution in [0.3, 0.4) is 0 Å². The Balaban J connectivity index is 1.29. The fourth-order valence-electron chi connectivity index (χ4n) is 4.32. The van der Waals surface area contributed by atoms with Gasteiger partial charge in [0.1, 0.15) is 5.82 Å². The number of rotatable bonds is 7. The lowest BCUT2D eigenvalue weighted by Gasteiger charge is -2.32. The van der Waals surface area contributed by atoms with Gasteiger partial charge in [0.25, 0.3) is 5.56 Å². The van der Waals surface area contributed by atoms with E-state index < -0.39 is 0 Å². The number of nitrogens with zero attached hydrogens (tertiary/aromatic N) is 2. The van der Waals surface area contributed by atoms with Gasteiger partial charge in [-0.25, -0.2) is 9.18 Å². The number of benzene rings is 2. The van der Waals surface area contributed by atoms with E-state index in [1.54, 1.807) is 18.2 Å². The first-order valence-electron chi connectivity index (χ1n) is 11.0. The number of aromatic nitrogens is 2. The summed E-state index contributed by atoms with van der Waals surface area (Å²) in [6.07, 6.45) is 3.62. The molecule has 0 unspecified atom stereocenters. The predicted molar refractivity (Wildman–Crippen MR) is 128 cm³/mol. The summed E-state index contributed by atoms with van der Waals surface area (Å²) in [6, 6.07) is 15.9. The highest BCUT2D eigenvalue weighted by Crippen LogP contribution is 2.26. The van der Waals surface area contributed by atoms with Gasteiger partial charge in [0.05, 0.1) is 6.54 Å². The highest BCUT2D eigenvalue weighted by molar-refractivity contribution is 9.10. The standard InChI is InChI=1S/C25H27BrFN3O2/c26-23-7-6-21(27)15-20(23)14-18-8-11-29(12-9-18)13-10-22-16-24(31)30(25(32)28-22)17-19-4-2-1-3-5-19/h1-7,15-16,18H,8-14,17H2,(H,28,32). The van der Waals surface area contributed by atoms with Crippen molar-refractivity contribution in [2.75, 3.05) is 19.6 Å². The van der Waals surface area contributed by atoms with E-state index in [-0.39, 0.29) is 23.6 Å². The first-order valence-corrected chi connectivity index (χ1v) is 11.8. The van der Waals surface area contributed by atoms with Gasteiger partial charge in [-0.15, -0.1) is 0 Å². The minimum Gasteiger partial charge on any atom is -0.311 e. The van der Waals surface area contributed by atoms with Crippen LogP contribution in [0.1, 0.15) is 29.7 Å². The first-order chi connectivity index (χ1) is 15.5. The second-order valence-corrected chi connectivity index (χ2v) is 9.34. The Hall–Kier alpha value is -2.51. The smallest absolute Gasteiger partial charge is 0.311 e. The molecule has 1 saturated heterocycles. The molecule has 7 heteroatoms. The SMILES string of the molecule is O=c1cc(CCN2CCC(Cc3cc(F)ccc3Br)CC2)[nH]c(=O)n1Cc1ccccc1. The largest absolute Gasteiger partial charge is 0.328 e. The van der Waals surface area contributed by atoms with Crippen molar-refractivity contribution in [3.8, 4) is 0 Å². The van der Waals surface area contributed by atoms with Gasteiger partial charge >= 0.3 is 5.69 Å². The van der Waals surface area contributed by atoms with Crippen molar-refractivity contribution in [1.82, 2.24) is 14.5 Å². The summed E-state index contributed by atoms with van der Waals surface area (Å²) >= 11 is 3.52. The van der Waals surface area contributed by atoms with Gasteiger partial charge < -0.3 is 9.88 Å². The molecule has 2 aromatic carbocycles. The van der Waals surface area contributed by atoms with Crippen LogP contribution in [-0.4, -0.2) is 34.1 Å². The van der Waals surface area contributed by atoms with Crippen molar-refractivity contribution in [3.63, 3.8) is 0 Å². The second kappa shape index (κ2) is 10.4. The molecule has 3 aromatic rings. The zero-order chi connectivity index (χ0) is 22.5. The minimum atomic E-state index is -0.365. The van der Waals surface area contributed by atoms with E-state index in [1.165, 1.54) is 10.6 Å². The van der Waals surface area contributed by atoms with Gasteiger partial charge in [0.2, 0.25) is 0 Å². The monoisotopic (exact) mass is 499 g/mol. The highest BCUT2D eigenvalue weighted by atomic mass is 79.9. The molecule has 1 aliphatic heterocycles. The van der Waals surface area contributed by atoms with E-state index in [9.17, 15) is 14.0 Å². The Bertz CT molecular complexity index is 1140. The molecule has 0 bridgehead atoms.